The van der Waals surface area contributed by atoms with Crippen LogP contribution < -0.4 is 0 Å². The first-order valence-electron chi connectivity index (χ1n) is 6.13. The number of aromatic nitrogens is 1. The Balaban J connectivity index is 2.43. The third kappa shape index (κ3) is 3.04. The van der Waals surface area contributed by atoms with E-state index in [1.807, 2.05) is 0 Å². The Kier molecular flexibility index (Phi) is 4.49. The van der Waals surface area contributed by atoms with Gasteiger partial charge in [0.25, 0.3) is 0 Å². The number of benzene rings is 1. The van der Waals surface area contributed by atoms with E-state index >= 15 is 0 Å². The first-order chi connectivity index (χ1) is 9.52. The average molecular weight is 338 g/mol. The Bertz CT molecular complexity index is 658. The zero-order valence-electron chi connectivity index (χ0n) is 11.1. The van der Waals surface area contributed by atoms with Crippen LogP contribution in [-0.2, 0) is 4.74 Å². The molecule has 0 unspecified atom stereocenters. The molecular weight excluding hydrogens is 325 g/mol. The number of carbonyl (C=O) groups is 1. The SMILES string of the molecule is CCOC(=O)c1ccc(-c2cc(Br)ccc2F)nc1C. The molecule has 0 bridgehead atoms. The van der Waals surface area contributed by atoms with Crippen molar-refractivity contribution in [3.63, 3.8) is 0 Å². The maximum Gasteiger partial charge on any atom is 0.339 e. The van der Waals surface area contributed by atoms with Gasteiger partial charge in [-0.3, -0.25) is 4.98 Å². The predicted molar refractivity (Wildman–Crippen MR) is 78.0 cm³/mol. The predicted octanol–water partition coefficient (Wildman–Crippen LogP) is 4.14. The van der Waals surface area contributed by atoms with Gasteiger partial charge in [0.05, 0.1) is 23.6 Å². The van der Waals surface area contributed by atoms with E-state index in [1.165, 1.54) is 6.07 Å². The molecule has 1 aromatic heterocycles. The second-order valence-electron chi connectivity index (χ2n) is 4.17. The van der Waals surface area contributed by atoms with Crippen molar-refractivity contribution >= 4 is 21.9 Å². The van der Waals surface area contributed by atoms with Crippen LogP contribution in [0.2, 0.25) is 0 Å². The van der Waals surface area contributed by atoms with E-state index < -0.39 is 5.97 Å². The number of aryl methyl sites for hydroxylation is 1. The fourth-order valence-corrected chi connectivity index (χ4v) is 2.19. The normalized spacial score (nSPS) is 10.4. The lowest BCUT2D eigenvalue weighted by atomic mass is 10.1. The molecule has 2 rings (SSSR count). The van der Waals surface area contributed by atoms with Crippen molar-refractivity contribution in [1.82, 2.24) is 4.98 Å². The maximum absolute atomic E-state index is 13.8. The summed E-state index contributed by atoms with van der Waals surface area (Å²) in [6.45, 7) is 3.75. The van der Waals surface area contributed by atoms with Crippen molar-refractivity contribution in [2.75, 3.05) is 6.61 Å². The molecular formula is C15H13BrFNO2. The van der Waals surface area contributed by atoms with Gasteiger partial charge in [-0.25, -0.2) is 9.18 Å². The molecule has 1 aromatic carbocycles. The fourth-order valence-electron chi connectivity index (χ4n) is 1.83. The highest BCUT2D eigenvalue weighted by molar-refractivity contribution is 9.10. The molecule has 104 valence electrons. The molecule has 0 aliphatic heterocycles. The third-order valence-corrected chi connectivity index (χ3v) is 3.28. The van der Waals surface area contributed by atoms with Crippen LogP contribution in [-0.4, -0.2) is 17.6 Å². The quantitative estimate of drug-likeness (QED) is 0.790. The second-order valence-corrected chi connectivity index (χ2v) is 5.09. The molecule has 0 aliphatic carbocycles. The smallest absolute Gasteiger partial charge is 0.339 e. The Morgan fingerprint density at radius 1 is 1.35 bits per heavy atom. The summed E-state index contributed by atoms with van der Waals surface area (Å²) in [5.74, 6) is -0.775. The highest BCUT2D eigenvalue weighted by Gasteiger charge is 2.14. The summed E-state index contributed by atoms with van der Waals surface area (Å²) in [4.78, 5) is 16.0. The van der Waals surface area contributed by atoms with E-state index in [0.717, 1.165) is 4.47 Å². The summed E-state index contributed by atoms with van der Waals surface area (Å²) in [6.07, 6.45) is 0. The topological polar surface area (TPSA) is 39.2 Å². The Labute approximate surface area is 124 Å². The van der Waals surface area contributed by atoms with Crippen molar-refractivity contribution < 1.29 is 13.9 Å². The van der Waals surface area contributed by atoms with Gasteiger partial charge in [0.2, 0.25) is 0 Å². The van der Waals surface area contributed by atoms with Crippen molar-refractivity contribution in [2.45, 2.75) is 13.8 Å². The molecule has 0 saturated carbocycles. The summed E-state index contributed by atoms with van der Waals surface area (Å²) in [7, 11) is 0. The van der Waals surface area contributed by atoms with Gasteiger partial charge in [-0.1, -0.05) is 15.9 Å². The average Bonchev–Trinajstić information content (AvgIpc) is 2.41. The number of carbonyl (C=O) groups excluding carboxylic acids is 1. The van der Waals surface area contributed by atoms with Gasteiger partial charge in [0, 0.05) is 10.0 Å². The Hall–Kier alpha value is -1.75. The second kappa shape index (κ2) is 6.13. The molecule has 3 nitrogen and oxygen atoms in total. The van der Waals surface area contributed by atoms with Crippen molar-refractivity contribution in [1.29, 1.82) is 0 Å². The van der Waals surface area contributed by atoms with Gasteiger partial charge in [-0.15, -0.1) is 0 Å². The molecule has 0 radical (unpaired) electrons. The summed E-state index contributed by atoms with van der Waals surface area (Å²) in [5, 5.41) is 0. The number of hydrogen-bond donors (Lipinski definition) is 0. The molecule has 0 N–H and O–H groups in total. The maximum atomic E-state index is 13.8. The molecule has 1 heterocycles. The summed E-state index contributed by atoms with van der Waals surface area (Å²) in [5.41, 5.74) is 1.78. The van der Waals surface area contributed by atoms with Gasteiger partial charge in [0.1, 0.15) is 5.82 Å². The van der Waals surface area contributed by atoms with Gasteiger partial charge in [0.15, 0.2) is 0 Å². The van der Waals surface area contributed by atoms with E-state index in [1.54, 1.807) is 38.1 Å². The lowest BCUT2D eigenvalue weighted by Gasteiger charge is -2.08. The Morgan fingerprint density at radius 2 is 2.10 bits per heavy atom. The van der Waals surface area contributed by atoms with Crippen LogP contribution in [0, 0.1) is 12.7 Å². The van der Waals surface area contributed by atoms with E-state index in [2.05, 4.69) is 20.9 Å². The molecule has 0 fully saturated rings. The summed E-state index contributed by atoms with van der Waals surface area (Å²) in [6, 6.07) is 7.87. The molecule has 0 spiro atoms. The van der Waals surface area contributed by atoms with Crippen LogP contribution in [0.25, 0.3) is 11.3 Å². The minimum Gasteiger partial charge on any atom is -0.462 e. The van der Waals surface area contributed by atoms with Crippen LogP contribution in [0.1, 0.15) is 23.0 Å². The van der Waals surface area contributed by atoms with Crippen molar-refractivity contribution in [3.05, 3.63) is 51.9 Å². The monoisotopic (exact) mass is 337 g/mol. The number of pyridine rings is 1. The minimum absolute atomic E-state index is 0.306. The van der Waals surface area contributed by atoms with Crippen LogP contribution in [0.3, 0.4) is 0 Å². The standard InChI is InChI=1S/C15H13BrFNO2/c1-3-20-15(19)11-5-7-14(18-9(11)2)12-8-10(16)4-6-13(12)17/h4-8H,3H2,1-2H3. The van der Waals surface area contributed by atoms with E-state index in [0.29, 0.717) is 29.1 Å². The molecule has 2 aromatic rings. The number of esters is 1. The molecule has 0 atom stereocenters. The molecule has 0 saturated heterocycles. The highest BCUT2D eigenvalue weighted by atomic mass is 79.9. The molecule has 5 heteroatoms. The Morgan fingerprint density at radius 3 is 2.75 bits per heavy atom. The van der Waals surface area contributed by atoms with Gasteiger partial charge >= 0.3 is 5.97 Å². The van der Waals surface area contributed by atoms with E-state index in [4.69, 9.17) is 4.74 Å². The number of rotatable bonds is 3. The third-order valence-electron chi connectivity index (χ3n) is 2.79. The first kappa shape index (κ1) is 14.7. The van der Waals surface area contributed by atoms with Crippen LogP contribution >= 0.6 is 15.9 Å². The lowest BCUT2D eigenvalue weighted by molar-refractivity contribution is 0.0525. The fraction of sp³-hybridized carbons (Fsp3) is 0.200. The lowest BCUT2D eigenvalue weighted by Crippen LogP contribution is -2.08. The zero-order chi connectivity index (χ0) is 14.7. The first-order valence-corrected chi connectivity index (χ1v) is 6.92. The van der Waals surface area contributed by atoms with E-state index in [9.17, 15) is 9.18 Å². The van der Waals surface area contributed by atoms with Crippen LogP contribution in [0.5, 0.6) is 0 Å². The molecule has 0 amide bonds. The van der Waals surface area contributed by atoms with Crippen molar-refractivity contribution in [3.8, 4) is 11.3 Å². The molecule has 0 aliphatic rings. The van der Waals surface area contributed by atoms with E-state index in [-0.39, 0.29) is 5.82 Å². The van der Waals surface area contributed by atoms with Gasteiger partial charge in [-0.2, -0.15) is 0 Å². The van der Waals surface area contributed by atoms with Gasteiger partial charge < -0.3 is 4.74 Å². The number of hydrogen-bond acceptors (Lipinski definition) is 3. The number of ether oxygens (including phenoxy) is 1. The zero-order valence-corrected chi connectivity index (χ0v) is 12.7. The largest absolute Gasteiger partial charge is 0.462 e. The minimum atomic E-state index is -0.418. The van der Waals surface area contributed by atoms with Gasteiger partial charge in [-0.05, 0) is 44.2 Å². The summed E-state index contributed by atoms with van der Waals surface area (Å²) < 4.78 is 19.5. The molecule has 20 heavy (non-hydrogen) atoms. The number of halogens is 2. The highest BCUT2D eigenvalue weighted by Crippen LogP contribution is 2.25. The van der Waals surface area contributed by atoms with Crippen molar-refractivity contribution in [2.24, 2.45) is 0 Å². The van der Waals surface area contributed by atoms with Crippen LogP contribution in [0.4, 0.5) is 4.39 Å². The number of nitrogens with zero attached hydrogens (tertiary/aromatic N) is 1. The summed E-state index contributed by atoms with van der Waals surface area (Å²) >= 11 is 3.30. The van der Waals surface area contributed by atoms with Crippen LogP contribution in [0.15, 0.2) is 34.8 Å².